The molecule has 0 spiro atoms. The van der Waals surface area contributed by atoms with Gasteiger partial charge in [0.15, 0.2) is 6.10 Å². The molecule has 0 radical (unpaired) electrons. The second kappa shape index (κ2) is 10.7. The highest BCUT2D eigenvalue weighted by Gasteiger charge is 2.39. The number of ether oxygens (including phenoxy) is 3. The van der Waals surface area contributed by atoms with Crippen molar-refractivity contribution in [1.29, 1.82) is 0 Å². The van der Waals surface area contributed by atoms with Crippen LogP contribution in [0.25, 0.3) is 11.1 Å². The number of benzene rings is 2. The molecule has 34 heavy (non-hydrogen) atoms. The maximum atomic E-state index is 12.9. The largest absolute Gasteiger partial charge is 0.480 e. The van der Waals surface area contributed by atoms with Crippen molar-refractivity contribution in [3.8, 4) is 11.1 Å². The molecule has 0 aromatic heterocycles. The topological polar surface area (TPSA) is 114 Å². The summed E-state index contributed by atoms with van der Waals surface area (Å²) in [6.45, 7) is 0.260. The summed E-state index contributed by atoms with van der Waals surface area (Å²) in [5, 5.41) is 11.9. The number of nitrogens with one attached hydrogen (secondary N) is 1. The summed E-state index contributed by atoms with van der Waals surface area (Å²) >= 11 is 0. The van der Waals surface area contributed by atoms with E-state index in [1.807, 2.05) is 36.4 Å². The molecule has 0 saturated carbocycles. The number of carboxylic acids is 1. The normalized spacial score (nSPS) is 18.7. The minimum atomic E-state index is -1.14. The van der Waals surface area contributed by atoms with Crippen LogP contribution >= 0.6 is 0 Å². The van der Waals surface area contributed by atoms with Gasteiger partial charge in [-0.3, -0.25) is 9.59 Å². The van der Waals surface area contributed by atoms with Crippen molar-refractivity contribution >= 4 is 18.0 Å². The molecule has 2 unspecified atom stereocenters. The molecule has 1 saturated heterocycles. The zero-order valence-electron chi connectivity index (χ0n) is 18.9. The highest BCUT2D eigenvalue weighted by Crippen LogP contribution is 2.44. The number of carboxylic acid groups (broad SMARTS) is 1. The van der Waals surface area contributed by atoms with Crippen molar-refractivity contribution in [3.05, 3.63) is 59.7 Å². The Kier molecular flexibility index (Phi) is 7.44. The van der Waals surface area contributed by atoms with Gasteiger partial charge >= 0.3 is 12.1 Å². The van der Waals surface area contributed by atoms with Gasteiger partial charge in [-0.15, -0.1) is 0 Å². The predicted octanol–water partition coefficient (Wildman–Crippen LogP) is 2.24. The molecule has 1 aliphatic carbocycles. The van der Waals surface area contributed by atoms with Crippen molar-refractivity contribution in [2.24, 2.45) is 0 Å². The van der Waals surface area contributed by atoms with Gasteiger partial charge in [-0.2, -0.15) is 0 Å². The highest BCUT2D eigenvalue weighted by molar-refractivity contribution is 5.86. The summed E-state index contributed by atoms with van der Waals surface area (Å²) in [5.74, 6) is -1.71. The zero-order valence-corrected chi connectivity index (χ0v) is 18.9. The summed E-state index contributed by atoms with van der Waals surface area (Å²) in [6, 6.07) is 15.5. The molecule has 1 heterocycles. The highest BCUT2D eigenvalue weighted by atomic mass is 16.6. The fraction of sp³-hybridized carbons (Fsp3) is 0.400. The van der Waals surface area contributed by atoms with Gasteiger partial charge in [0.05, 0.1) is 12.6 Å². The van der Waals surface area contributed by atoms with E-state index in [1.165, 1.54) is 7.11 Å². The van der Waals surface area contributed by atoms with E-state index in [0.29, 0.717) is 6.42 Å². The first-order valence-corrected chi connectivity index (χ1v) is 11.2. The molecule has 1 aliphatic heterocycles. The fourth-order valence-electron chi connectivity index (χ4n) is 4.58. The van der Waals surface area contributed by atoms with E-state index in [4.69, 9.17) is 19.3 Å². The standard InChI is InChI=1S/C25H28N2O7/c1-32-13-11-27(14-22(28)29)24(30)23-21(10-12-33-23)26-25(31)34-15-20-18-8-4-2-6-16(18)17-7-3-5-9-19(17)20/h2-9,20-21,23H,10-15H2,1H3,(H,26,31)(H,28,29). The van der Waals surface area contributed by atoms with Crippen molar-refractivity contribution < 1.29 is 33.7 Å². The van der Waals surface area contributed by atoms with E-state index in [9.17, 15) is 14.4 Å². The maximum Gasteiger partial charge on any atom is 0.407 e. The third kappa shape index (κ3) is 5.05. The van der Waals surface area contributed by atoms with E-state index in [1.54, 1.807) is 0 Å². The van der Waals surface area contributed by atoms with Crippen molar-refractivity contribution in [2.45, 2.75) is 24.5 Å². The molecule has 1 fully saturated rings. The number of nitrogens with zero attached hydrogens (tertiary/aromatic N) is 1. The van der Waals surface area contributed by atoms with Gasteiger partial charge in [0.2, 0.25) is 0 Å². The average Bonchev–Trinajstić information content (AvgIpc) is 3.42. The van der Waals surface area contributed by atoms with Crippen LogP contribution in [-0.4, -0.2) is 80.1 Å². The monoisotopic (exact) mass is 468 g/mol. The van der Waals surface area contributed by atoms with Crippen LogP contribution in [0.15, 0.2) is 48.5 Å². The van der Waals surface area contributed by atoms with E-state index >= 15 is 0 Å². The van der Waals surface area contributed by atoms with E-state index < -0.39 is 36.7 Å². The number of amides is 2. The molecule has 2 aromatic rings. The number of rotatable bonds is 9. The van der Waals surface area contributed by atoms with Gasteiger partial charge in [-0.25, -0.2) is 4.79 Å². The maximum absolute atomic E-state index is 12.9. The summed E-state index contributed by atoms with van der Waals surface area (Å²) in [7, 11) is 1.47. The van der Waals surface area contributed by atoms with Gasteiger partial charge < -0.3 is 29.5 Å². The SMILES string of the molecule is COCCN(CC(=O)O)C(=O)C1OCCC1NC(=O)OCC1c2ccccc2-c2ccccc21. The first kappa shape index (κ1) is 23.7. The first-order valence-electron chi connectivity index (χ1n) is 11.2. The molecule has 2 aromatic carbocycles. The summed E-state index contributed by atoms with van der Waals surface area (Å²) in [4.78, 5) is 37.9. The second-order valence-electron chi connectivity index (χ2n) is 8.30. The van der Waals surface area contributed by atoms with Crippen molar-refractivity contribution in [2.75, 3.05) is 40.0 Å². The van der Waals surface area contributed by atoms with Crippen molar-refractivity contribution in [3.63, 3.8) is 0 Å². The van der Waals surface area contributed by atoms with E-state index in [-0.39, 0.29) is 32.3 Å². The number of carbonyl (C=O) groups is 3. The fourth-order valence-corrected chi connectivity index (χ4v) is 4.58. The van der Waals surface area contributed by atoms with Gasteiger partial charge in [0.25, 0.3) is 5.91 Å². The molecule has 2 amide bonds. The molecule has 9 nitrogen and oxygen atoms in total. The number of methoxy groups -OCH3 is 1. The van der Waals surface area contributed by atoms with Gasteiger partial charge in [0, 0.05) is 26.2 Å². The Morgan fingerprint density at radius 3 is 2.35 bits per heavy atom. The van der Waals surface area contributed by atoms with Crippen molar-refractivity contribution in [1.82, 2.24) is 10.2 Å². The summed E-state index contributed by atoms with van der Waals surface area (Å²) in [5.41, 5.74) is 4.49. The molecular weight excluding hydrogens is 440 g/mol. The van der Waals surface area contributed by atoms with E-state index in [2.05, 4.69) is 17.4 Å². The molecule has 4 rings (SSSR count). The minimum Gasteiger partial charge on any atom is -0.480 e. The Balaban J connectivity index is 1.38. The third-order valence-electron chi connectivity index (χ3n) is 6.19. The molecule has 0 bridgehead atoms. The number of alkyl carbamates (subject to hydrolysis) is 1. The summed E-state index contributed by atoms with van der Waals surface area (Å²) < 4.78 is 16.1. The number of hydrogen-bond acceptors (Lipinski definition) is 6. The van der Waals surface area contributed by atoms with Crippen LogP contribution in [0.4, 0.5) is 4.79 Å². The Hall–Kier alpha value is -3.43. The number of fused-ring (bicyclic) bond motifs is 3. The predicted molar refractivity (Wildman–Crippen MR) is 122 cm³/mol. The van der Waals surface area contributed by atoms with Crippen LogP contribution in [-0.2, 0) is 23.8 Å². The molecule has 9 heteroatoms. The quantitative estimate of drug-likeness (QED) is 0.580. The average molecular weight is 469 g/mol. The van der Waals surface area contributed by atoms with Crippen LogP contribution in [0.5, 0.6) is 0 Å². The number of aliphatic carboxylic acids is 1. The second-order valence-corrected chi connectivity index (χ2v) is 8.30. The lowest BCUT2D eigenvalue weighted by atomic mass is 9.98. The van der Waals surface area contributed by atoms with Crippen LogP contribution in [0.2, 0.25) is 0 Å². The minimum absolute atomic E-state index is 0.0736. The molecule has 180 valence electrons. The zero-order chi connectivity index (χ0) is 24.1. The number of carbonyl (C=O) groups excluding carboxylic acids is 2. The first-order chi connectivity index (χ1) is 16.5. The molecule has 2 aliphatic rings. The van der Waals surface area contributed by atoms with Gasteiger partial charge in [-0.05, 0) is 28.7 Å². The lowest BCUT2D eigenvalue weighted by molar-refractivity contribution is -0.150. The van der Waals surface area contributed by atoms with Gasteiger partial charge in [-0.1, -0.05) is 48.5 Å². The smallest absolute Gasteiger partial charge is 0.407 e. The lowest BCUT2D eigenvalue weighted by Crippen LogP contribution is -2.51. The Bertz CT molecular complexity index is 1010. The number of hydrogen-bond donors (Lipinski definition) is 2. The molecule has 2 N–H and O–H groups in total. The van der Waals surface area contributed by atoms with Crippen LogP contribution in [0, 0.1) is 0 Å². The summed E-state index contributed by atoms with van der Waals surface area (Å²) in [6.07, 6.45) is -1.19. The van der Waals surface area contributed by atoms with E-state index in [0.717, 1.165) is 27.2 Å². The van der Waals surface area contributed by atoms with Crippen LogP contribution in [0.1, 0.15) is 23.5 Å². The lowest BCUT2D eigenvalue weighted by Gasteiger charge is -2.26. The Labute approximate surface area is 197 Å². The van der Waals surface area contributed by atoms with Crippen LogP contribution < -0.4 is 5.32 Å². The Morgan fingerprint density at radius 2 is 1.74 bits per heavy atom. The molecule has 2 atom stereocenters. The third-order valence-corrected chi connectivity index (χ3v) is 6.19. The van der Waals surface area contributed by atoms with Crippen LogP contribution in [0.3, 0.4) is 0 Å². The molecular formula is C25H28N2O7. The van der Waals surface area contributed by atoms with Gasteiger partial charge in [0.1, 0.15) is 13.2 Å². The Morgan fingerprint density at radius 1 is 1.09 bits per heavy atom.